The van der Waals surface area contributed by atoms with Crippen LogP contribution in [-0.2, 0) is 26.2 Å². The number of fused-ring (bicyclic) bond motifs is 1. The highest BCUT2D eigenvalue weighted by Crippen LogP contribution is 2.36. The molecular weight excluding hydrogens is 482 g/mol. The van der Waals surface area contributed by atoms with Crippen LogP contribution in [0.3, 0.4) is 0 Å². The fourth-order valence-corrected chi connectivity index (χ4v) is 4.83. The van der Waals surface area contributed by atoms with E-state index in [2.05, 4.69) is 5.32 Å². The Morgan fingerprint density at radius 2 is 1.75 bits per heavy atom. The molecule has 1 heterocycles. The van der Waals surface area contributed by atoms with E-state index in [0.29, 0.717) is 17.9 Å². The van der Waals surface area contributed by atoms with E-state index in [1.165, 1.54) is 11.0 Å². The van der Waals surface area contributed by atoms with Crippen molar-refractivity contribution in [2.75, 3.05) is 23.9 Å². The van der Waals surface area contributed by atoms with Crippen LogP contribution in [0.5, 0.6) is 11.5 Å². The number of benzene rings is 2. The second-order valence-corrected chi connectivity index (χ2v) is 10.9. The van der Waals surface area contributed by atoms with Crippen LogP contribution in [-0.4, -0.2) is 56.8 Å². The van der Waals surface area contributed by atoms with E-state index in [1.807, 2.05) is 52.0 Å². The average Bonchev–Trinajstić information content (AvgIpc) is 3.30. The topological polar surface area (TPSA) is 105 Å². The Morgan fingerprint density at radius 1 is 1.06 bits per heavy atom. The molecule has 1 aliphatic heterocycles. The summed E-state index contributed by atoms with van der Waals surface area (Å²) in [5.41, 5.74) is 2.14. The summed E-state index contributed by atoms with van der Waals surface area (Å²) in [7, 11) is -3.83. The molecule has 0 unspecified atom stereocenters. The van der Waals surface area contributed by atoms with Gasteiger partial charge in [0.25, 0.3) is 0 Å². The zero-order chi connectivity index (χ0) is 26.5. The number of sulfonamides is 1. The van der Waals surface area contributed by atoms with Crippen LogP contribution in [0.15, 0.2) is 42.5 Å². The van der Waals surface area contributed by atoms with Crippen molar-refractivity contribution in [3.8, 4) is 11.5 Å². The molecule has 3 rings (SSSR count). The lowest BCUT2D eigenvalue weighted by Gasteiger charge is -2.33. The zero-order valence-corrected chi connectivity index (χ0v) is 22.3. The van der Waals surface area contributed by atoms with E-state index in [-0.39, 0.29) is 31.0 Å². The second-order valence-electron chi connectivity index (χ2n) is 9.00. The molecule has 2 amide bonds. The maximum atomic E-state index is 13.8. The molecule has 9 nitrogen and oxygen atoms in total. The number of hydrogen-bond donors (Lipinski definition) is 1. The first-order valence-corrected chi connectivity index (χ1v) is 13.9. The highest BCUT2D eigenvalue weighted by Gasteiger charge is 2.32. The molecule has 2 aromatic rings. The van der Waals surface area contributed by atoms with E-state index in [9.17, 15) is 18.0 Å². The molecule has 0 aliphatic carbocycles. The van der Waals surface area contributed by atoms with E-state index in [0.717, 1.165) is 28.1 Å². The lowest BCUT2D eigenvalue weighted by Crippen LogP contribution is -2.53. The van der Waals surface area contributed by atoms with Gasteiger partial charge in [0.15, 0.2) is 11.5 Å². The van der Waals surface area contributed by atoms with Crippen molar-refractivity contribution in [2.24, 2.45) is 0 Å². The van der Waals surface area contributed by atoms with Gasteiger partial charge in [0.2, 0.25) is 28.6 Å². The first-order chi connectivity index (χ1) is 17.0. The van der Waals surface area contributed by atoms with Gasteiger partial charge >= 0.3 is 0 Å². The highest BCUT2D eigenvalue weighted by atomic mass is 32.2. The van der Waals surface area contributed by atoms with Gasteiger partial charge in [-0.2, -0.15) is 0 Å². The maximum Gasteiger partial charge on any atom is 0.244 e. The molecule has 0 fully saturated rings. The molecule has 2 atom stereocenters. The zero-order valence-electron chi connectivity index (χ0n) is 21.5. The third-order valence-electron chi connectivity index (χ3n) is 6.31. The molecule has 10 heteroatoms. The van der Waals surface area contributed by atoms with Crippen LogP contribution in [0, 0.1) is 6.92 Å². The molecule has 196 valence electrons. The van der Waals surface area contributed by atoms with Crippen molar-refractivity contribution >= 4 is 27.5 Å². The first kappa shape index (κ1) is 27.3. The van der Waals surface area contributed by atoms with Gasteiger partial charge in [-0.15, -0.1) is 0 Å². The molecule has 0 saturated heterocycles. The van der Waals surface area contributed by atoms with Gasteiger partial charge in [-0.1, -0.05) is 38.1 Å². The lowest BCUT2D eigenvalue weighted by atomic mass is 10.1. The van der Waals surface area contributed by atoms with Gasteiger partial charge in [-0.25, -0.2) is 8.42 Å². The third-order valence-corrected chi connectivity index (χ3v) is 7.45. The van der Waals surface area contributed by atoms with Gasteiger partial charge in [-0.05, 0) is 49.9 Å². The fourth-order valence-electron chi connectivity index (χ4n) is 3.99. The molecule has 36 heavy (non-hydrogen) atoms. The number of ether oxygens (including phenoxy) is 2. The molecule has 2 aromatic carbocycles. The van der Waals surface area contributed by atoms with Gasteiger partial charge in [0, 0.05) is 18.7 Å². The van der Waals surface area contributed by atoms with Crippen molar-refractivity contribution in [3.05, 3.63) is 53.6 Å². The second kappa shape index (κ2) is 11.6. The summed E-state index contributed by atoms with van der Waals surface area (Å²) in [6, 6.07) is 11.5. The Morgan fingerprint density at radius 3 is 2.39 bits per heavy atom. The summed E-state index contributed by atoms with van der Waals surface area (Å²) in [5, 5.41) is 2.96. The molecule has 0 radical (unpaired) electrons. The average molecular weight is 518 g/mol. The minimum absolute atomic E-state index is 0.0459. The fraction of sp³-hybridized carbons (Fsp3) is 0.462. The summed E-state index contributed by atoms with van der Waals surface area (Å²) in [4.78, 5) is 28.4. The van der Waals surface area contributed by atoms with Crippen LogP contribution in [0.2, 0.25) is 0 Å². The summed E-state index contributed by atoms with van der Waals surface area (Å²) in [6.45, 7) is 7.41. The number of nitrogens with one attached hydrogen (secondary N) is 1. The van der Waals surface area contributed by atoms with Crippen molar-refractivity contribution in [1.29, 1.82) is 0 Å². The number of aryl methyl sites for hydroxylation is 1. The van der Waals surface area contributed by atoms with Crippen molar-refractivity contribution in [3.63, 3.8) is 0 Å². The first-order valence-electron chi connectivity index (χ1n) is 12.1. The Bertz CT molecular complexity index is 1200. The van der Waals surface area contributed by atoms with Crippen molar-refractivity contribution in [1.82, 2.24) is 10.2 Å². The van der Waals surface area contributed by atoms with Crippen LogP contribution in [0.25, 0.3) is 0 Å². The Balaban J connectivity index is 1.96. The number of hydrogen-bond acceptors (Lipinski definition) is 6. The van der Waals surface area contributed by atoms with Crippen LogP contribution in [0.1, 0.15) is 44.7 Å². The van der Waals surface area contributed by atoms with Gasteiger partial charge < -0.3 is 19.7 Å². The predicted molar refractivity (Wildman–Crippen MR) is 138 cm³/mol. The normalized spacial score (nSPS) is 14.1. The maximum absolute atomic E-state index is 13.8. The predicted octanol–water partition coefficient (Wildman–Crippen LogP) is 3.21. The Kier molecular flexibility index (Phi) is 8.84. The lowest BCUT2D eigenvalue weighted by molar-refractivity contribution is -0.140. The Labute approximate surface area is 213 Å². The standard InChI is InChI=1S/C26H35N3O6S/c1-6-19(4)27-26(31)22(7-2)28(15-20-11-9-8-10-18(20)3)25(30)16-29(36(5,32)33)21-12-13-23-24(14-21)35-17-34-23/h8-14,19,22H,6-7,15-17H2,1-5H3,(H,27,31)/t19-,22-/m0/s1. The summed E-state index contributed by atoms with van der Waals surface area (Å²) < 4.78 is 37.3. The molecule has 1 N–H and O–H groups in total. The molecule has 0 aromatic heterocycles. The highest BCUT2D eigenvalue weighted by molar-refractivity contribution is 7.92. The van der Waals surface area contributed by atoms with Gasteiger partial charge in [-0.3, -0.25) is 13.9 Å². The summed E-state index contributed by atoms with van der Waals surface area (Å²) in [5.74, 6) is 0.174. The molecule has 0 saturated carbocycles. The minimum Gasteiger partial charge on any atom is -0.454 e. The van der Waals surface area contributed by atoms with E-state index in [4.69, 9.17) is 9.47 Å². The van der Waals surface area contributed by atoms with Gasteiger partial charge in [0.1, 0.15) is 12.6 Å². The number of rotatable bonds is 11. The summed E-state index contributed by atoms with van der Waals surface area (Å²) >= 11 is 0. The largest absolute Gasteiger partial charge is 0.454 e. The Hall–Kier alpha value is -3.27. The van der Waals surface area contributed by atoms with Crippen LogP contribution in [0.4, 0.5) is 5.69 Å². The molecular formula is C26H35N3O6S. The summed E-state index contributed by atoms with van der Waals surface area (Å²) in [6.07, 6.45) is 2.17. The van der Waals surface area contributed by atoms with Crippen LogP contribution < -0.4 is 19.1 Å². The number of carbonyl (C=O) groups is 2. The molecule has 0 bridgehead atoms. The molecule has 0 spiro atoms. The van der Waals surface area contributed by atoms with Crippen molar-refractivity contribution in [2.45, 2.75) is 59.2 Å². The number of anilines is 1. The van der Waals surface area contributed by atoms with E-state index in [1.54, 1.807) is 12.1 Å². The number of amides is 2. The van der Waals surface area contributed by atoms with E-state index >= 15 is 0 Å². The van der Waals surface area contributed by atoms with Gasteiger partial charge in [0.05, 0.1) is 11.9 Å². The van der Waals surface area contributed by atoms with E-state index < -0.39 is 28.5 Å². The smallest absolute Gasteiger partial charge is 0.244 e. The number of carbonyl (C=O) groups excluding carboxylic acids is 2. The van der Waals surface area contributed by atoms with Crippen molar-refractivity contribution < 1.29 is 27.5 Å². The molecule has 1 aliphatic rings. The monoisotopic (exact) mass is 517 g/mol. The van der Waals surface area contributed by atoms with Crippen LogP contribution >= 0.6 is 0 Å². The third kappa shape index (κ3) is 6.48. The minimum atomic E-state index is -3.83. The SMILES string of the molecule is CC[C@H](C)NC(=O)[C@H](CC)N(Cc1ccccc1C)C(=O)CN(c1ccc2c(c1)OCO2)S(C)(=O)=O. The number of nitrogens with zero attached hydrogens (tertiary/aromatic N) is 2. The quantitative estimate of drug-likeness (QED) is 0.491.